The largest absolute Gasteiger partial charge is 0.465 e. The van der Waals surface area contributed by atoms with Crippen LogP contribution in [0.4, 0.5) is 4.79 Å². The first-order chi connectivity index (χ1) is 19.6. The number of carbonyl (C=O) groups is 1. The maximum absolute atomic E-state index is 12.4. The summed E-state index contributed by atoms with van der Waals surface area (Å²) in [4.78, 5) is 21.4. The average molecular weight is 541 g/mol. The first-order valence-electron chi connectivity index (χ1n) is 14.8. The second-order valence-electron chi connectivity index (χ2n) is 11.5. The highest BCUT2D eigenvalue weighted by molar-refractivity contribution is 5.66. The molecule has 2 N–H and O–H groups in total. The Kier molecular flexibility index (Phi) is 8.42. The quantitative estimate of drug-likeness (QED) is 0.402. The predicted molar refractivity (Wildman–Crippen MR) is 155 cm³/mol. The smallest absolute Gasteiger partial charge is 0.407 e. The summed E-state index contributed by atoms with van der Waals surface area (Å²) in [6.07, 6.45) is 7.14. The lowest BCUT2D eigenvalue weighted by atomic mass is 9.89. The molecule has 0 saturated carbocycles. The van der Waals surface area contributed by atoms with Gasteiger partial charge in [0, 0.05) is 51.6 Å². The van der Waals surface area contributed by atoms with Crippen LogP contribution < -0.4 is 5.32 Å². The van der Waals surface area contributed by atoms with Crippen LogP contribution in [0.5, 0.6) is 0 Å². The minimum Gasteiger partial charge on any atom is -0.465 e. The van der Waals surface area contributed by atoms with Crippen LogP contribution in [0, 0.1) is 0 Å². The van der Waals surface area contributed by atoms with Crippen molar-refractivity contribution in [3.8, 4) is 0 Å². The van der Waals surface area contributed by atoms with Gasteiger partial charge in [-0.25, -0.2) is 4.79 Å². The number of aryl methyl sites for hydroxylation is 1. The molecular formula is C33H40N4O3. The SMILES string of the molecule is O=C(O)N1Cc2ccccc2C[C@@H]1CN(Cc1ccc(CNC2CCOCC2)cc1)[C@H]1CCCc2cccnc21. The van der Waals surface area contributed by atoms with Crippen LogP contribution in [0.15, 0.2) is 66.9 Å². The fourth-order valence-corrected chi connectivity index (χ4v) is 6.65. The monoisotopic (exact) mass is 540 g/mol. The van der Waals surface area contributed by atoms with Gasteiger partial charge in [0.1, 0.15) is 0 Å². The van der Waals surface area contributed by atoms with E-state index in [-0.39, 0.29) is 12.1 Å². The van der Waals surface area contributed by atoms with Gasteiger partial charge in [-0.15, -0.1) is 0 Å². The lowest BCUT2D eigenvalue weighted by Crippen LogP contribution is -2.50. The van der Waals surface area contributed by atoms with Crippen molar-refractivity contribution in [2.45, 2.75) is 76.3 Å². The number of benzene rings is 2. The molecule has 1 aliphatic carbocycles. The van der Waals surface area contributed by atoms with Crippen molar-refractivity contribution in [1.29, 1.82) is 0 Å². The minimum atomic E-state index is -0.844. The van der Waals surface area contributed by atoms with Gasteiger partial charge in [-0.3, -0.25) is 14.8 Å². The molecule has 3 aromatic rings. The molecular weight excluding hydrogens is 500 g/mol. The number of nitrogens with one attached hydrogen (secondary N) is 1. The minimum absolute atomic E-state index is 0.107. The van der Waals surface area contributed by atoms with Gasteiger partial charge in [0.05, 0.1) is 17.8 Å². The Bertz CT molecular complexity index is 1290. The molecule has 7 nitrogen and oxygen atoms in total. The van der Waals surface area contributed by atoms with Gasteiger partial charge in [0.2, 0.25) is 0 Å². The number of fused-ring (bicyclic) bond motifs is 2. The van der Waals surface area contributed by atoms with Crippen LogP contribution in [0.3, 0.4) is 0 Å². The molecule has 3 aliphatic rings. The van der Waals surface area contributed by atoms with Crippen LogP contribution in [-0.2, 0) is 37.2 Å². The molecule has 1 fully saturated rings. The molecule has 210 valence electrons. The van der Waals surface area contributed by atoms with Crippen molar-refractivity contribution in [3.63, 3.8) is 0 Å². The number of rotatable bonds is 8. The fourth-order valence-electron chi connectivity index (χ4n) is 6.65. The number of hydrogen-bond donors (Lipinski definition) is 2. The van der Waals surface area contributed by atoms with E-state index in [0.717, 1.165) is 76.1 Å². The van der Waals surface area contributed by atoms with E-state index >= 15 is 0 Å². The summed E-state index contributed by atoms with van der Waals surface area (Å²) in [5.41, 5.74) is 7.38. The van der Waals surface area contributed by atoms with Gasteiger partial charge in [0.15, 0.2) is 0 Å². The summed E-state index contributed by atoms with van der Waals surface area (Å²) in [5.74, 6) is 0. The third-order valence-corrected chi connectivity index (χ3v) is 8.88. The second kappa shape index (κ2) is 12.5. The van der Waals surface area contributed by atoms with Gasteiger partial charge >= 0.3 is 6.09 Å². The lowest BCUT2D eigenvalue weighted by molar-refractivity contribution is 0.0755. The number of amides is 1. The summed E-state index contributed by atoms with van der Waals surface area (Å²) in [6, 6.07) is 22.0. The fraction of sp³-hybridized carbons (Fsp3) is 0.455. The van der Waals surface area contributed by atoms with Crippen LogP contribution in [0.1, 0.15) is 65.2 Å². The average Bonchev–Trinajstić information content (AvgIpc) is 3.00. The number of pyridine rings is 1. The third kappa shape index (κ3) is 6.22. The van der Waals surface area contributed by atoms with Crippen molar-refractivity contribution in [3.05, 3.63) is 100 Å². The zero-order valence-corrected chi connectivity index (χ0v) is 23.2. The summed E-state index contributed by atoms with van der Waals surface area (Å²) in [7, 11) is 0. The van der Waals surface area contributed by atoms with Crippen molar-refractivity contribution >= 4 is 6.09 Å². The standard InChI is InChI=1S/C33H40N4O3/c38-33(39)37-22-28-6-2-1-5-27(28)19-30(37)23-36(31-9-3-7-26-8-4-16-34-32(26)31)21-25-12-10-24(11-13-25)20-35-29-14-17-40-18-15-29/h1-2,4-6,8,10-13,16,29-31,35H,3,7,9,14-15,17-23H2,(H,38,39)/t30-,31+/m1/s1. The Balaban J connectivity index is 1.22. The van der Waals surface area contributed by atoms with E-state index in [4.69, 9.17) is 9.72 Å². The second-order valence-corrected chi connectivity index (χ2v) is 11.5. The molecule has 0 spiro atoms. The highest BCUT2D eigenvalue weighted by atomic mass is 16.5. The Morgan fingerprint density at radius 2 is 1.73 bits per heavy atom. The van der Waals surface area contributed by atoms with E-state index in [2.05, 4.69) is 58.7 Å². The normalized spacial score (nSPS) is 21.2. The van der Waals surface area contributed by atoms with Gasteiger partial charge in [-0.1, -0.05) is 54.6 Å². The maximum Gasteiger partial charge on any atom is 0.407 e. The van der Waals surface area contributed by atoms with Crippen LogP contribution in [0.25, 0.3) is 0 Å². The van der Waals surface area contributed by atoms with Crippen LogP contribution >= 0.6 is 0 Å². The van der Waals surface area contributed by atoms with Gasteiger partial charge < -0.3 is 15.2 Å². The van der Waals surface area contributed by atoms with E-state index in [0.29, 0.717) is 19.1 Å². The van der Waals surface area contributed by atoms with Crippen molar-refractivity contribution in [1.82, 2.24) is 20.1 Å². The lowest BCUT2D eigenvalue weighted by Gasteiger charge is -2.41. The zero-order valence-electron chi connectivity index (χ0n) is 23.2. The number of hydrogen-bond acceptors (Lipinski definition) is 5. The molecule has 2 aromatic carbocycles. The van der Waals surface area contributed by atoms with Crippen molar-refractivity contribution < 1.29 is 14.6 Å². The molecule has 0 unspecified atom stereocenters. The Morgan fingerprint density at radius 3 is 2.52 bits per heavy atom. The molecule has 6 rings (SSSR count). The molecule has 2 aliphatic heterocycles. The molecule has 1 aromatic heterocycles. The zero-order chi connectivity index (χ0) is 27.3. The summed E-state index contributed by atoms with van der Waals surface area (Å²) >= 11 is 0. The van der Waals surface area contributed by atoms with Gasteiger partial charge in [-0.2, -0.15) is 0 Å². The molecule has 0 radical (unpaired) electrons. The summed E-state index contributed by atoms with van der Waals surface area (Å²) in [5, 5.41) is 13.8. The first kappa shape index (κ1) is 26.9. The van der Waals surface area contributed by atoms with E-state index in [1.807, 2.05) is 18.3 Å². The van der Waals surface area contributed by atoms with E-state index in [1.54, 1.807) is 4.90 Å². The van der Waals surface area contributed by atoms with Crippen molar-refractivity contribution in [2.75, 3.05) is 19.8 Å². The summed E-state index contributed by atoms with van der Waals surface area (Å²) in [6.45, 7) is 4.44. The Morgan fingerprint density at radius 1 is 0.975 bits per heavy atom. The molecule has 3 heterocycles. The number of nitrogens with zero attached hydrogens (tertiary/aromatic N) is 3. The van der Waals surface area contributed by atoms with Gasteiger partial charge in [-0.05, 0) is 72.4 Å². The number of ether oxygens (including phenoxy) is 1. The Hall–Kier alpha value is -3.26. The summed E-state index contributed by atoms with van der Waals surface area (Å²) < 4.78 is 5.48. The van der Waals surface area contributed by atoms with Crippen molar-refractivity contribution in [2.24, 2.45) is 0 Å². The van der Waals surface area contributed by atoms with E-state index < -0.39 is 6.09 Å². The topological polar surface area (TPSA) is 77.9 Å². The van der Waals surface area contributed by atoms with Crippen LogP contribution in [0.2, 0.25) is 0 Å². The first-order valence-corrected chi connectivity index (χ1v) is 14.8. The molecule has 0 bridgehead atoms. The maximum atomic E-state index is 12.4. The highest BCUT2D eigenvalue weighted by Gasteiger charge is 2.34. The highest BCUT2D eigenvalue weighted by Crippen LogP contribution is 2.35. The van der Waals surface area contributed by atoms with Gasteiger partial charge in [0.25, 0.3) is 0 Å². The molecule has 1 saturated heterocycles. The van der Waals surface area contributed by atoms with E-state index in [9.17, 15) is 9.90 Å². The predicted octanol–water partition coefficient (Wildman–Crippen LogP) is 5.33. The Labute approximate surface area is 237 Å². The number of aromatic nitrogens is 1. The third-order valence-electron chi connectivity index (χ3n) is 8.88. The molecule has 2 atom stereocenters. The van der Waals surface area contributed by atoms with E-state index in [1.165, 1.54) is 22.3 Å². The molecule has 1 amide bonds. The number of carboxylic acid groups (broad SMARTS) is 1. The van der Waals surface area contributed by atoms with Crippen LogP contribution in [-0.4, -0.2) is 57.8 Å². The molecule has 7 heteroatoms. The molecule has 40 heavy (non-hydrogen) atoms.